The molecule has 2 aliphatic carbocycles. The van der Waals surface area contributed by atoms with Gasteiger partial charge in [-0.25, -0.2) is 0 Å². The van der Waals surface area contributed by atoms with Gasteiger partial charge in [0.2, 0.25) is 0 Å². The van der Waals surface area contributed by atoms with Gasteiger partial charge in [0.15, 0.2) is 0 Å². The van der Waals surface area contributed by atoms with Crippen molar-refractivity contribution in [2.24, 2.45) is 0 Å². The van der Waals surface area contributed by atoms with E-state index in [0.717, 1.165) is 19.3 Å². The van der Waals surface area contributed by atoms with Gasteiger partial charge in [-0.2, -0.15) is 0 Å². The van der Waals surface area contributed by atoms with Crippen molar-refractivity contribution in [2.45, 2.75) is 49.3 Å². The molecule has 0 amide bonds. The van der Waals surface area contributed by atoms with Crippen LogP contribution in [-0.4, -0.2) is 5.37 Å². The predicted molar refractivity (Wildman–Crippen MR) is 238 cm³/mol. The molecule has 0 saturated carbocycles. The third-order valence-corrected chi connectivity index (χ3v) is 14.5. The lowest BCUT2D eigenvalue weighted by Crippen LogP contribution is -2.28. The van der Waals surface area contributed by atoms with Crippen molar-refractivity contribution < 1.29 is 0 Å². The first-order chi connectivity index (χ1) is 27.2. The average molecular weight is 746 g/mol. The Balaban J connectivity index is 1.07. The van der Waals surface area contributed by atoms with E-state index in [1.54, 1.807) is 0 Å². The molecule has 1 nitrogen and oxygen atoms in total. The van der Waals surface area contributed by atoms with Gasteiger partial charge in [0.25, 0.3) is 0 Å². The second-order valence-corrected chi connectivity index (χ2v) is 17.0. The first kappa shape index (κ1) is 34.2. The average Bonchev–Trinajstić information content (AvgIpc) is 4.07. The van der Waals surface area contributed by atoms with Crippen molar-refractivity contribution >= 4 is 45.9 Å². The molecule has 3 heteroatoms. The van der Waals surface area contributed by atoms with Gasteiger partial charge in [-0.3, -0.25) is 0 Å². The molecular weight excluding hydrogens is 703 g/mol. The smallest absolute Gasteiger partial charge is 0.0963 e. The summed E-state index contributed by atoms with van der Waals surface area (Å²) in [6.07, 6.45) is 10.2. The minimum atomic E-state index is -0.398. The Kier molecular flexibility index (Phi) is 8.54. The Morgan fingerprint density at radius 2 is 1.31 bits per heavy atom. The lowest BCUT2D eigenvalue weighted by Gasteiger charge is -2.33. The van der Waals surface area contributed by atoms with E-state index in [-0.39, 0.29) is 5.41 Å². The highest BCUT2D eigenvalue weighted by Crippen LogP contribution is 2.58. The van der Waals surface area contributed by atoms with Gasteiger partial charge >= 0.3 is 0 Å². The maximum Gasteiger partial charge on any atom is 0.0963 e. The van der Waals surface area contributed by atoms with Crippen LogP contribution >= 0.6 is 23.1 Å². The minimum absolute atomic E-state index is 0.0371. The summed E-state index contributed by atoms with van der Waals surface area (Å²) < 4.78 is 0. The first-order valence-electron chi connectivity index (χ1n) is 19.6. The Morgan fingerprint density at radius 1 is 0.618 bits per heavy atom. The number of thiophene rings is 1. The Hall–Kier alpha value is -5.35. The zero-order valence-electron chi connectivity index (χ0n) is 31.3. The van der Waals surface area contributed by atoms with E-state index >= 15 is 0 Å². The number of anilines is 2. The molecular formula is C52H43NS2. The molecule has 0 spiro atoms. The van der Waals surface area contributed by atoms with Crippen molar-refractivity contribution in [2.75, 3.05) is 4.90 Å². The summed E-state index contributed by atoms with van der Waals surface area (Å²) in [6, 6.07) is 57.0. The van der Waals surface area contributed by atoms with Crippen molar-refractivity contribution in [3.63, 3.8) is 0 Å². The molecule has 1 aliphatic heterocycles. The summed E-state index contributed by atoms with van der Waals surface area (Å²) >= 11 is 3.75. The van der Waals surface area contributed by atoms with Crippen molar-refractivity contribution in [3.05, 3.63) is 213 Å². The summed E-state index contributed by atoms with van der Waals surface area (Å²) in [5.74, 6) is 0. The number of nitrogens with zero attached hydrogens (tertiary/aromatic N) is 1. The summed E-state index contributed by atoms with van der Waals surface area (Å²) in [7, 11) is 0. The van der Waals surface area contributed by atoms with Gasteiger partial charge in [-0.15, -0.1) is 23.1 Å². The molecule has 10 rings (SSSR count). The summed E-state index contributed by atoms with van der Waals surface area (Å²) in [5.41, 5.74) is 17.0. The predicted octanol–water partition coefficient (Wildman–Crippen LogP) is 14.5. The fourth-order valence-corrected chi connectivity index (χ4v) is 11.8. The van der Waals surface area contributed by atoms with E-state index in [9.17, 15) is 0 Å². The van der Waals surface area contributed by atoms with Gasteiger partial charge < -0.3 is 4.90 Å². The molecule has 0 bridgehead atoms. The standard InChI is InChI=1S/C52H43NS2/c1-3-51(4-2)46-34-36(27-30-41(46)42-31-29-40(35-47(42)51)53(48-24-14-32-54-48)49-25-15-33-55-49)26-28-37-16-13-23-45-50(37)43-21-11-12-22-44(43)52(45,38-17-7-5-8-18-38)39-19-9-6-10-20-39/h5-24,26-35,49H,3-4,25H2,1-2H3/b28-26+. The van der Waals surface area contributed by atoms with Crippen LogP contribution in [0.15, 0.2) is 169 Å². The van der Waals surface area contributed by atoms with Crippen molar-refractivity contribution in [3.8, 4) is 22.3 Å². The number of fused-ring (bicyclic) bond motifs is 6. The zero-order valence-corrected chi connectivity index (χ0v) is 32.9. The van der Waals surface area contributed by atoms with E-state index in [0.29, 0.717) is 5.37 Å². The number of rotatable bonds is 9. The van der Waals surface area contributed by atoms with Gasteiger partial charge in [-0.1, -0.05) is 159 Å². The second kappa shape index (κ2) is 13.7. The van der Waals surface area contributed by atoms with E-state index < -0.39 is 5.41 Å². The number of benzene rings is 6. The molecule has 0 saturated heterocycles. The van der Waals surface area contributed by atoms with E-state index in [2.05, 4.69) is 199 Å². The number of hydrogen-bond donors (Lipinski definition) is 0. The fourth-order valence-electron chi connectivity index (χ4n) is 9.99. The van der Waals surface area contributed by atoms with Crippen LogP contribution in [0.1, 0.15) is 77.6 Å². The lowest BCUT2D eigenvalue weighted by molar-refractivity contribution is 0.490. The zero-order chi connectivity index (χ0) is 37.0. The monoisotopic (exact) mass is 745 g/mol. The fraction of sp³-hybridized carbons (Fsp3) is 0.154. The Bertz CT molecular complexity index is 2530. The van der Waals surface area contributed by atoms with Crippen LogP contribution in [0.3, 0.4) is 0 Å². The highest BCUT2D eigenvalue weighted by molar-refractivity contribution is 8.03. The molecule has 6 aromatic carbocycles. The highest BCUT2D eigenvalue weighted by atomic mass is 32.2. The molecule has 7 aromatic rings. The topological polar surface area (TPSA) is 3.24 Å². The molecule has 2 heterocycles. The van der Waals surface area contributed by atoms with E-state index in [1.807, 2.05) is 23.1 Å². The minimum Gasteiger partial charge on any atom is -0.320 e. The normalized spacial score (nSPS) is 16.9. The molecule has 55 heavy (non-hydrogen) atoms. The Labute approximate surface area is 333 Å². The van der Waals surface area contributed by atoms with E-state index in [4.69, 9.17) is 0 Å². The van der Waals surface area contributed by atoms with Crippen LogP contribution < -0.4 is 4.90 Å². The Morgan fingerprint density at radius 3 is 2.00 bits per heavy atom. The third-order valence-electron chi connectivity index (χ3n) is 12.5. The van der Waals surface area contributed by atoms with Gasteiger partial charge in [0.05, 0.1) is 15.8 Å². The van der Waals surface area contributed by atoms with Gasteiger partial charge in [0, 0.05) is 11.1 Å². The maximum absolute atomic E-state index is 2.56. The van der Waals surface area contributed by atoms with Crippen LogP contribution in [0.4, 0.5) is 10.7 Å². The van der Waals surface area contributed by atoms with Crippen LogP contribution in [-0.2, 0) is 10.8 Å². The highest BCUT2D eigenvalue weighted by Gasteiger charge is 2.46. The van der Waals surface area contributed by atoms with Crippen LogP contribution in [0.25, 0.3) is 34.4 Å². The van der Waals surface area contributed by atoms with Gasteiger partial charge in [-0.05, 0) is 121 Å². The SMILES string of the molecule is CCC1(CC)c2cc(/C=C/c3cccc4c3-c3ccccc3C4(c3ccccc3)c3ccccc3)ccc2-c2ccc(N(c3cccs3)C3CC=CS3)cc21. The number of thioether (sulfide) groups is 1. The van der Waals surface area contributed by atoms with Crippen LogP contribution in [0.2, 0.25) is 0 Å². The van der Waals surface area contributed by atoms with Crippen molar-refractivity contribution in [1.29, 1.82) is 0 Å². The first-order valence-corrected chi connectivity index (χ1v) is 21.4. The molecule has 0 N–H and O–H groups in total. The molecule has 0 fully saturated rings. The quantitative estimate of drug-likeness (QED) is 0.135. The summed E-state index contributed by atoms with van der Waals surface area (Å²) in [5, 5.41) is 6.15. The second-order valence-electron chi connectivity index (χ2n) is 15.0. The van der Waals surface area contributed by atoms with Crippen LogP contribution in [0, 0.1) is 0 Å². The summed E-state index contributed by atoms with van der Waals surface area (Å²) in [6.45, 7) is 4.75. The molecule has 1 aromatic heterocycles. The molecule has 3 aliphatic rings. The molecule has 0 radical (unpaired) electrons. The van der Waals surface area contributed by atoms with Crippen LogP contribution in [0.5, 0.6) is 0 Å². The molecule has 1 atom stereocenters. The lowest BCUT2D eigenvalue weighted by atomic mass is 9.67. The third kappa shape index (κ3) is 5.20. The molecule has 1 unspecified atom stereocenters. The maximum atomic E-state index is 2.56. The number of hydrogen-bond acceptors (Lipinski definition) is 3. The van der Waals surface area contributed by atoms with Crippen molar-refractivity contribution in [1.82, 2.24) is 0 Å². The summed E-state index contributed by atoms with van der Waals surface area (Å²) in [4.78, 5) is 2.56. The molecule has 268 valence electrons. The van der Waals surface area contributed by atoms with E-state index in [1.165, 1.54) is 77.4 Å². The largest absolute Gasteiger partial charge is 0.320 e. The van der Waals surface area contributed by atoms with Gasteiger partial charge in [0.1, 0.15) is 0 Å².